The summed E-state index contributed by atoms with van der Waals surface area (Å²) in [5, 5.41) is 6.08. The van der Waals surface area contributed by atoms with E-state index >= 15 is 0 Å². The molecular weight excluding hydrogens is 404 g/mol. The van der Waals surface area contributed by atoms with Crippen LogP contribution in [-0.2, 0) is 17.9 Å². The Kier molecular flexibility index (Phi) is 7.30. The van der Waals surface area contributed by atoms with E-state index in [9.17, 15) is 14.4 Å². The number of aromatic nitrogens is 2. The zero-order valence-electron chi connectivity index (χ0n) is 16.9. The van der Waals surface area contributed by atoms with Gasteiger partial charge in [0.1, 0.15) is 0 Å². The Balaban J connectivity index is 1.49. The molecule has 2 N–H and O–H groups in total. The number of rotatable bonds is 9. The molecule has 3 aromatic rings. The Morgan fingerprint density at radius 3 is 2.13 bits per heavy atom. The highest BCUT2D eigenvalue weighted by atomic mass is 35.5. The van der Waals surface area contributed by atoms with Crippen molar-refractivity contribution < 1.29 is 9.59 Å². The van der Waals surface area contributed by atoms with Gasteiger partial charge in [-0.25, -0.2) is 4.79 Å². The maximum Gasteiger partial charge on any atom is 0.329 e. The van der Waals surface area contributed by atoms with Crippen molar-refractivity contribution in [1.29, 1.82) is 0 Å². The summed E-state index contributed by atoms with van der Waals surface area (Å²) < 4.78 is 3.40. The van der Waals surface area contributed by atoms with Crippen LogP contribution in [0.1, 0.15) is 30.1 Å². The number of halogens is 1. The summed E-state index contributed by atoms with van der Waals surface area (Å²) >= 11 is 5.81. The van der Waals surface area contributed by atoms with Crippen molar-refractivity contribution >= 4 is 34.4 Å². The van der Waals surface area contributed by atoms with Crippen molar-refractivity contribution in [3.05, 3.63) is 69.6 Å². The van der Waals surface area contributed by atoms with Crippen molar-refractivity contribution in [3.63, 3.8) is 0 Å². The maximum absolute atomic E-state index is 12.7. The van der Waals surface area contributed by atoms with E-state index in [0.29, 0.717) is 36.8 Å². The Bertz CT molecular complexity index is 1090. The van der Waals surface area contributed by atoms with Gasteiger partial charge in [-0.1, -0.05) is 30.7 Å². The van der Waals surface area contributed by atoms with Gasteiger partial charge < -0.3 is 10.6 Å². The molecule has 30 heavy (non-hydrogen) atoms. The summed E-state index contributed by atoms with van der Waals surface area (Å²) in [6.45, 7) is 3.59. The molecule has 0 saturated carbocycles. The molecule has 2 aromatic carbocycles. The predicted molar refractivity (Wildman–Crippen MR) is 118 cm³/mol. The average molecular weight is 429 g/mol. The normalized spacial score (nSPS) is 10.9. The fourth-order valence-electron chi connectivity index (χ4n) is 3.31. The first-order valence-corrected chi connectivity index (χ1v) is 10.4. The van der Waals surface area contributed by atoms with Crippen molar-refractivity contribution in [3.8, 4) is 0 Å². The number of amides is 2. The van der Waals surface area contributed by atoms with Crippen molar-refractivity contribution in [2.24, 2.45) is 0 Å². The van der Waals surface area contributed by atoms with Crippen LogP contribution in [0.4, 0.5) is 0 Å². The van der Waals surface area contributed by atoms with Crippen LogP contribution in [0.3, 0.4) is 0 Å². The van der Waals surface area contributed by atoms with Crippen LogP contribution in [0, 0.1) is 0 Å². The molecule has 0 radical (unpaired) electrons. The summed E-state index contributed by atoms with van der Waals surface area (Å²) in [5.74, 6) is -0.397. The van der Waals surface area contributed by atoms with Crippen molar-refractivity contribution in [1.82, 2.24) is 19.8 Å². The van der Waals surface area contributed by atoms with Gasteiger partial charge in [-0.15, -0.1) is 0 Å². The summed E-state index contributed by atoms with van der Waals surface area (Å²) in [6, 6.07) is 14.2. The number of benzene rings is 2. The first-order valence-electron chi connectivity index (χ1n) is 9.99. The predicted octanol–water partition coefficient (Wildman–Crippen LogP) is 2.80. The number of nitrogens with one attached hydrogen (secondary N) is 2. The van der Waals surface area contributed by atoms with Gasteiger partial charge in [0.2, 0.25) is 5.91 Å². The number of hydrogen-bond acceptors (Lipinski definition) is 3. The minimum atomic E-state index is -0.226. The Morgan fingerprint density at radius 2 is 1.50 bits per heavy atom. The zero-order valence-corrected chi connectivity index (χ0v) is 17.6. The molecule has 3 rings (SSSR count). The molecule has 0 atom stereocenters. The lowest BCUT2D eigenvalue weighted by atomic mass is 10.2. The smallest absolute Gasteiger partial charge is 0.329 e. The fraction of sp³-hybridized carbons (Fsp3) is 0.318. The lowest BCUT2D eigenvalue weighted by Gasteiger charge is -2.08. The molecule has 1 heterocycles. The van der Waals surface area contributed by atoms with Gasteiger partial charge in [0, 0.05) is 43.2 Å². The third-order valence-electron chi connectivity index (χ3n) is 4.77. The van der Waals surface area contributed by atoms with Gasteiger partial charge in [-0.2, -0.15) is 0 Å². The molecule has 0 aliphatic carbocycles. The van der Waals surface area contributed by atoms with E-state index in [-0.39, 0.29) is 23.9 Å². The lowest BCUT2D eigenvalue weighted by molar-refractivity contribution is -0.121. The number of nitrogens with zero attached hydrogens (tertiary/aromatic N) is 2. The largest absolute Gasteiger partial charge is 0.354 e. The standard InChI is InChI=1S/C22H25ClN4O3/c1-2-14-26-18-5-3-4-6-19(18)27(22(26)30)15-11-20(28)24-12-13-25-21(29)16-7-9-17(23)10-8-16/h3-10H,2,11-15H2,1H3,(H,24,28)(H,25,29). The molecule has 0 unspecified atom stereocenters. The van der Waals surface area contributed by atoms with Gasteiger partial charge in [-0.3, -0.25) is 18.7 Å². The van der Waals surface area contributed by atoms with E-state index in [1.165, 1.54) is 0 Å². The topological polar surface area (TPSA) is 85.1 Å². The quantitative estimate of drug-likeness (QED) is 0.514. The third-order valence-corrected chi connectivity index (χ3v) is 5.03. The highest BCUT2D eigenvalue weighted by molar-refractivity contribution is 6.30. The number of carbonyl (C=O) groups is 2. The first-order chi connectivity index (χ1) is 14.5. The molecule has 0 aliphatic rings. The molecule has 0 aliphatic heterocycles. The highest BCUT2D eigenvalue weighted by Gasteiger charge is 2.13. The van der Waals surface area contributed by atoms with Crippen LogP contribution >= 0.6 is 11.6 Å². The van der Waals surface area contributed by atoms with Crippen molar-refractivity contribution in [2.75, 3.05) is 13.1 Å². The zero-order chi connectivity index (χ0) is 21.5. The molecule has 0 spiro atoms. The Hall–Kier alpha value is -3.06. The van der Waals surface area contributed by atoms with E-state index in [1.54, 1.807) is 33.4 Å². The summed E-state index contributed by atoms with van der Waals surface area (Å²) in [4.78, 5) is 36.9. The van der Waals surface area contributed by atoms with Gasteiger partial charge in [0.05, 0.1) is 11.0 Å². The van der Waals surface area contributed by atoms with E-state index < -0.39 is 0 Å². The van der Waals surface area contributed by atoms with Gasteiger partial charge in [-0.05, 0) is 42.8 Å². The molecule has 0 fully saturated rings. The lowest BCUT2D eigenvalue weighted by Crippen LogP contribution is -2.35. The van der Waals surface area contributed by atoms with Crippen LogP contribution in [-0.4, -0.2) is 34.0 Å². The van der Waals surface area contributed by atoms with Gasteiger partial charge >= 0.3 is 5.69 Å². The fourth-order valence-corrected chi connectivity index (χ4v) is 3.44. The first kappa shape index (κ1) is 21.6. The Morgan fingerprint density at radius 1 is 0.900 bits per heavy atom. The molecular formula is C22H25ClN4O3. The Labute approximate surface area is 179 Å². The van der Waals surface area contributed by atoms with Crippen LogP contribution in [0.15, 0.2) is 53.3 Å². The molecule has 7 nitrogen and oxygen atoms in total. The molecule has 158 valence electrons. The maximum atomic E-state index is 12.7. The number of carbonyl (C=O) groups excluding carboxylic acids is 2. The number of imidazole rings is 1. The highest BCUT2D eigenvalue weighted by Crippen LogP contribution is 2.13. The van der Waals surface area contributed by atoms with Crippen LogP contribution in [0.2, 0.25) is 5.02 Å². The van der Waals surface area contributed by atoms with Crippen LogP contribution in [0.5, 0.6) is 0 Å². The minimum absolute atomic E-state index is 0.0962. The molecule has 1 aromatic heterocycles. The average Bonchev–Trinajstić information content (AvgIpc) is 3.01. The van der Waals surface area contributed by atoms with E-state index in [2.05, 4.69) is 10.6 Å². The molecule has 8 heteroatoms. The molecule has 0 bridgehead atoms. The summed E-state index contributed by atoms with van der Waals surface area (Å²) in [6.07, 6.45) is 1.04. The monoisotopic (exact) mass is 428 g/mol. The van der Waals surface area contributed by atoms with Gasteiger partial charge in [0.25, 0.3) is 5.91 Å². The third kappa shape index (κ3) is 5.10. The number of aryl methyl sites for hydroxylation is 2. The van der Waals surface area contributed by atoms with E-state index in [0.717, 1.165) is 17.5 Å². The van der Waals surface area contributed by atoms with Gasteiger partial charge in [0.15, 0.2) is 0 Å². The van der Waals surface area contributed by atoms with Crippen LogP contribution in [0.25, 0.3) is 11.0 Å². The summed E-state index contributed by atoms with van der Waals surface area (Å²) in [7, 11) is 0. The second kappa shape index (κ2) is 10.1. The second-order valence-electron chi connectivity index (χ2n) is 6.94. The van der Waals surface area contributed by atoms with E-state index in [4.69, 9.17) is 11.6 Å². The minimum Gasteiger partial charge on any atom is -0.354 e. The van der Waals surface area contributed by atoms with Crippen LogP contribution < -0.4 is 16.3 Å². The number of fused-ring (bicyclic) bond motifs is 1. The number of para-hydroxylation sites is 2. The van der Waals surface area contributed by atoms with Crippen molar-refractivity contribution in [2.45, 2.75) is 32.9 Å². The second-order valence-corrected chi connectivity index (χ2v) is 7.37. The van der Waals surface area contributed by atoms with E-state index in [1.807, 2.05) is 31.2 Å². The molecule has 2 amide bonds. The SMILES string of the molecule is CCCn1c(=O)n(CCC(=O)NCCNC(=O)c2ccc(Cl)cc2)c2ccccc21. The summed E-state index contributed by atoms with van der Waals surface area (Å²) in [5.41, 5.74) is 2.13. The molecule has 0 saturated heterocycles. The number of hydrogen-bond donors (Lipinski definition) is 2.